The van der Waals surface area contributed by atoms with Crippen molar-refractivity contribution in [2.24, 2.45) is 0 Å². The van der Waals surface area contributed by atoms with Crippen LogP contribution in [0.15, 0.2) is 120 Å². The molecule has 0 unspecified atom stereocenters. The van der Waals surface area contributed by atoms with Crippen molar-refractivity contribution in [2.45, 2.75) is 91.9 Å². The van der Waals surface area contributed by atoms with Crippen LogP contribution in [0.4, 0.5) is 11.4 Å². The molecule has 6 N–H and O–H groups in total. The zero-order chi connectivity index (χ0) is 44.1. The van der Waals surface area contributed by atoms with E-state index in [1.54, 1.807) is 0 Å². The predicted octanol–water partition coefficient (Wildman–Crippen LogP) is 10.7. The monoisotopic (exact) mass is 843 g/mol. The number of nitrogens with zero attached hydrogens (tertiary/aromatic N) is 2. The highest BCUT2D eigenvalue weighted by atomic mass is 16.2. The van der Waals surface area contributed by atoms with Gasteiger partial charge in [-0.15, -0.1) is 4.57 Å². The number of unbranched alkanes of at least 4 members (excludes halogenated alkanes) is 6. The lowest BCUT2D eigenvalue weighted by Gasteiger charge is -2.15. The van der Waals surface area contributed by atoms with E-state index < -0.39 is 0 Å². The second-order valence-corrected chi connectivity index (χ2v) is 17.1. The van der Waals surface area contributed by atoms with E-state index in [1.165, 1.54) is 16.8 Å². The van der Waals surface area contributed by atoms with Crippen molar-refractivity contribution < 1.29 is 14.2 Å². The standard InChI is InChI=1S/C54H63N7O2/c1-37-17-27-45(28-18-37)61-51-35-46(55)39(3)33-49(51)60-50-34-40(4)48(36-52(50)61)57-30-12-6-8-14-32-59-54(63)44-25-21-42(22-26-44)41-19-23-43(24-20-41)53(62)58-31-13-7-5-11-29-56-47-16-10-9-15-38(47)2/h15-28,33-36,56H,5-14,29-32H2,1-4H3,(H4,55,57,58,59,62,63)/p+1. The number of nitrogens with one attached hydrogen (secondary N) is 4. The third-order valence-corrected chi connectivity index (χ3v) is 12.1. The minimum Gasteiger partial charge on any atom is -0.398 e. The van der Waals surface area contributed by atoms with Gasteiger partial charge in [0.15, 0.2) is 0 Å². The van der Waals surface area contributed by atoms with Gasteiger partial charge in [-0.25, -0.2) is 4.98 Å². The number of allylic oxidation sites excluding steroid dienone is 3. The molecule has 0 saturated carbocycles. The van der Waals surface area contributed by atoms with Crippen LogP contribution in [-0.2, 0) is 0 Å². The highest BCUT2D eigenvalue weighted by Crippen LogP contribution is 2.27. The van der Waals surface area contributed by atoms with E-state index in [0.717, 1.165) is 139 Å². The molecule has 1 aliphatic rings. The lowest BCUT2D eigenvalue weighted by Crippen LogP contribution is -2.33. The number of aromatic nitrogens is 2. The minimum absolute atomic E-state index is 0.0459. The molecule has 6 aromatic rings. The van der Waals surface area contributed by atoms with Gasteiger partial charge in [-0.1, -0.05) is 79.8 Å². The summed E-state index contributed by atoms with van der Waals surface area (Å²) in [6.07, 6.45) is 15.3. The molecule has 7 rings (SSSR count). The van der Waals surface area contributed by atoms with Crippen LogP contribution < -0.4 is 31.6 Å². The molecule has 5 aromatic carbocycles. The van der Waals surface area contributed by atoms with Crippen LogP contribution in [0, 0.1) is 20.8 Å². The maximum Gasteiger partial charge on any atom is 0.251 e. The summed E-state index contributed by atoms with van der Waals surface area (Å²) in [6, 6.07) is 32.4. The van der Waals surface area contributed by atoms with Crippen molar-refractivity contribution in [3.8, 4) is 16.8 Å². The Morgan fingerprint density at radius 2 is 1.08 bits per heavy atom. The first-order valence-corrected chi connectivity index (χ1v) is 22.9. The van der Waals surface area contributed by atoms with E-state index in [9.17, 15) is 9.59 Å². The van der Waals surface area contributed by atoms with E-state index in [1.807, 2.05) is 61.5 Å². The van der Waals surface area contributed by atoms with Gasteiger partial charge in [0.05, 0.1) is 0 Å². The van der Waals surface area contributed by atoms with E-state index in [-0.39, 0.29) is 11.8 Å². The Hall–Kier alpha value is -6.48. The van der Waals surface area contributed by atoms with Crippen LogP contribution in [0.1, 0.15) is 109 Å². The maximum absolute atomic E-state index is 12.9. The zero-order valence-electron chi connectivity index (χ0n) is 37.6. The van der Waals surface area contributed by atoms with Gasteiger partial charge in [-0.05, 0) is 130 Å². The summed E-state index contributed by atoms with van der Waals surface area (Å²) in [5.74, 6) is -0.110. The number of nitrogens with two attached hydrogens (primary N) is 1. The number of benzene rings is 5. The molecule has 0 saturated heterocycles. The predicted molar refractivity (Wildman–Crippen MR) is 260 cm³/mol. The first-order chi connectivity index (χ1) is 30.6. The van der Waals surface area contributed by atoms with Gasteiger partial charge in [0, 0.05) is 78.6 Å². The van der Waals surface area contributed by atoms with Gasteiger partial charge in [0.2, 0.25) is 16.7 Å². The highest BCUT2D eigenvalue weighted by molar-refractivity contribution is 5.96. The average Bonchev–Trinajstić information content (AvgIpc) is 3.29. The van der Waals surface area contributed by atoms with E-state index in [2.05, 4.69) is 101 Å². The second-order valence-electron chi connectivity index (χ2n) is 17.1. The van der Waals surface area contributed by atoms with Crippen molar-refractivity contribution in [1.29, 1.82) is 0 Å². The Bertz CT molecular complexity index is 2590. The summed E-state index contributed by atoms with van der Waals surface area (Å²) in [4.78, 5) is 30.7. The van der Waals surface area contributed by atoms with Gasteiger partial charge in [0.25, 0.3) is 11.8 Å². The maximum atomic E-state index is 12.9. The fraction of sp³-hybridized carbons (Fsp3) is 0.333. The molecule has 326 valence electrons. The number of carbonyl (C=O) groups is 2. The third kappa shape index (κ3) is 11.7. The molecule has 0 atom stereocenters. The topological polar surface area (TPSA) is 125 Å². The summed E-state index contributed by atoms with van der Waals surface area (Å²) in [6.45, 7) is 11.6. The van der Waals surface area contributed by atoms with Crippen molar-refractivity contribution in [3.63, 3.8) is 0 Å². The quantitative estimate of drug-likeness (QED) is 0.0226. The van der Waals surface area contributed by atoms with Gasteiger partial charge < -0.3 is 27.0 Å². The Morgan fingerprint density at radius 1 is 0.571 bits per heavy atom. The number of nitrogen functional groups attached to an aromatic ring is 1. The number of rotatable bonds is 20. The Kier molecular flexibility index (Phi) is 15.2. The van der Waals surface area contributed by atoms with Crippen molar-refractivity contribution in [1.82, 2.24) is 20.9 Å². The number of amides is 2. The third-order valence-electron chi connectivity index (χ3n) is 12.1. The Morgan fingerprint density at radius 3 is 1.65 bits per heavy atom. The van der Waals surface area contributed by atoms with Crippen molar-refractivity contribution in [2.75, 3.05) is 37.2 Å². The first-order valence-electron chi connectivity index (χ1n) is 22.9. The zero-order valence-corrected chi connectivity index (χ0v) is 37.6. The molecule has 0 aliphatic heterocycles. The molecule has 0 fully saturated rings. The molecule has 9 nitrogen and oxygen atoms in total. The summed E-state index contributed by atoms with van der Waals surface area (Å²) < 4.78 is 2.26. The van der Waals surface area contributed by atoms with Crippen LogP contribution in [0.2, 0.25) is 0 Å². The van der Waals surface area contributed by atoms with Gasteiger partial charge in [-0.2, -0.15) is 0 Å². The molecule has 1 aromatic heterocycles. The van der Waals surface area contributed by atoms with Gasteiger partial charge in [0.1, 0.15) is 11.0 Å². The van der Waals surface area contributed by atoms with Crippen LogP contribution in [0.3, 0.4) is 0 Å². The van der Waals surface area contributed by atoms with Crippen LogP contribution in [-0.4, -0.2) is 43.0 Å². The van der Waals surface area contributed by atoms with Gasteiger partial charge in [-0.3, -0.25) is 9.59 Å². The molecule has 2 amide bonds. The summed E-state index contributed by atoms with van der Waals surface area (Å²) >= 11 is 0. The fourth-order valence-corrected chi connectivity index (χ4v) is 8.24. The first kappa shape index (κ1) is 44.6. The summed E-state index contributed by atoms with van der Waals surface area (Å²) in [5.41, 5.74) is 22.5. The number of aryl methyl sites for hydroxylation is 3. The van der Waals surface area contributed by atoms with Crippen LogP contribution in [0.25, 0.3) is 38.9 Å². The molecule has 0 radical (unpaired) electrons. The Balaban J connectivity index is 0.801. The highest BCUT2D eigenvalue weighted by Gasteiger charge is 2.22. The van der Waals surface area contributed by atoms with Crippen molar-refractivity contribution >= 4 is 45.3 Å². The van der Waals surface area contributed by atoms with E-state index in [4.69, 9.17) is 10.7 Å². The molecule has 0 spiro atoms. The largest absolute Gasteiger partial charge is 0.398 e. The normalized spacial score (nSPS) is 12.5. The van der Waals surface area contributed by atoms with E-state index in [0.29, 0.717) is 24.2 Å². The molecule has 63 heavy (non-hydrogen) atoms. The molecule has 1 aliphatic carbocycles. The summed E-state index contributed by atoms with van der Waals surface area (Å²) in [5, 5.41) is 13.4. The minimum atomic E-state index is -0.0637. The van der Waals surface area contributed by atoms with Crippen LogP contribution >= 0.6 is 0 Å². The Labute approximate surface area is 373 Å². The lowest BCUT2D eigenvalue weighted by molar-refractivity contribution is -0.538. The smallest absolute Gasteiger partial charge is 0.251 e. The molecular formula is C54H64N7O2+. The average molecular weight is 843 g/mol. The van der Waals surface area contributed by atoms with Crippen LogP contribution in [0.5, 0.6) is 0 Å². The number of hydrogen-bond acceptors (Lipinski definition) is 6. The number of carbonyl (C=O) groups excluding carboxylic acids is 2. The fourth-order valence-electron chi connectivity index (χ4n) is 8.24. The molecule has 9 heteroatoms. The SMILES string of the molecule is CC1=CCCC=C1NCCCCCCNC(=O)c1ccc(-c2ccc(C(=O)NCCCCCCNc3cc4c(cc3C)nc3cc(C)c(N)cc3[n+]4-c3ccc(C)cc3)cc2)cc1. The van der Waals surface area contributed by atoms with Gasteiger partial charge >= 0.3 is 0 Å². The summed E-state index contributed by atoms with van der Waals surface area (Å²) in [7, 11) is 0. The lowest BCUT2D eigenvalue weighted by atomic mass is 10.0. The number of anilines is 2. The molecule has 1 heterocycles. The molecular weight excluding hydrogens is 779 g/mol. The van der Waals surface area contributed by atoms with E-state index >= 15 is 0 Å². The number of hydrogen-bond donors (Lipinski definition) is 5. The number of fused-ring (bicyclic) bond motifs is 2. The molecule has 0 bridgehead atoms. The van der Waals surface area contributed by atoms with Crippen molar-refractivity contribution in [3.05, 3.63) is 148 Å². The second kappa shape index (κ2) is 21.5.